The number of nitrogens with zero attached hydrogens (tertiary/aromatic N) is 3. The molecule has 0 spiro atoms. The van der Waals surface area contributed by atoms with E-state index in [0.29, 0.717) is 5.92 Å². The van der Waals surface area contributed by atoms with Gasteiger partial charge >= 0.3 is 0 Å². The lowest BCUT2D eigenvalue weighted by molar-refractivity contribution is -0.209. The molecule has 35 heavy (non-hydrogen) atoms. The van der Waals surface area contributed by atoms with Crippen molar-refractivity contribution >= 4 is 0 Å². The summed E-state index contributed by atoms with van der Waals surface area (Å²) in [6.45, 7) is 0.0559. The van der Waals surface area contributed by atoms with Gasteiger partial charge in [-0.1, -0.05) is 41.6 Å². The maximum Gasteiger partial charge on any atom is 0.123 e. The quantitative estimate of drug-likeness (QED) is 0.528. The predicted octanol–water partition coefficient (Wildman–Crippen LogP) is 4.83. The molecule has 0 amide bonds. The first-order valence-corrected chi connectivity index (χ1v) is 12.8. The Labute approximate surface area is 205 Å². The van der Waals surface area contributed by atoms with Gasteiger partial charge in [-0.25, -0.2) is 9.07 Å². The molecule has 7 heteroatoms. The van der Waals surface area contributed by atoms with Crippen LogP contribution < -0.4 is 0 Å². The van der Waals surface area contributed by atoms with Crippen molar-refractivity contribution in [3.63, 3.8) is 0 Å². The second kappa shape index (κ2) is 9.80. The molecule has 3 heterocycles. The van der Waals surface area contributed by atoms with Gasteiger partial charge in [0.2, 0.25) is 0 Å². The Kier molecular flexibility index (Phi) is 6.39. The molecule has 2 aliphatic heterocycles. The molecule has 6 nitrogen and oxygen atoms in total. The van der Waals surface area contributed by atoms with E-state index in [-0.39, 0.29) is 42.9 Å². The van der Waals surface area contributed by atoms with Crippen LogP contribution in [-0.4, -0.2) is 51.1 Å². The highest BCUT2D eigenvalue weighted by atomic mass is 19.1. The summed E-state index contributed by atoms with van der Waals surface area (Å²) < 4.78 is 28.0. The molecule has 1 N–H and O–H groups in total. The average Bonchev–Trinajstić information content (AvgIpc) is 3.64. The van der Waals surface area contributed by atoms with Gasteiger partial charge in [0.15, 0.2) is 0 Å². The molecule has 0 radical (unpaired) electrons. The molecule has 1 aliphatic carbocycles. The Morgan fingerprint density at radius 2 is 1.66 bits per heavy atom. The van der Waals surface area contributed by atoms with Gasteiger partial charge in [0.25, 0.3) is 0 Å². The molecule has 184 valence electrons. The number of aliphatic hydroxyl groups is 1. The van der Waals surface area contributed by atoms with Crippen LogP contribution in [-0.2, 0) is 15.9 Å². The van der Waals surface area contributed by atoms with Crippen molar-refractivity contribution in [2.24, 2.45) is 0 Å². The Bertz CT molecular complexity index is 1130. The minimum Gasteiger partial charge on any atom is -0.394 e. The van der Waals surface area contributed by atoms with Gasteiger partial charge in [0, 0.05) is 18.5 Å². The van der Waals surface area contributed by atoms with Crippen molar-refractivity contribution in [1.29, 1.82) is 0 Å². The average molecular weight is 478 g/mol. The third-order valence-corrected chi connectivity index (χ3v) is 7.72. The standard InChI is InChI=1S/C28H32FN3O3/c29-22-10-8-20(9-11-22)19-4-1-18(2-5-19)3-13-26-25(32-16-24(30-31-32)21-6-7-21)15-28-27(35-26)14-12-23(17-33)34-28/h1-2,4-5,8-11,16,21,23,25-28,33H,3,6-7,12-15,17H2/t23-,25+,26-,27+,28+/m1/s1. The highest BCUT2D eigenvalue weighted by Crippen LogP contribution is 2.41. The molecule has 6 rings (SSSR count). The summed E-state index contributed by atoms with van der Waals surface area (Å²) in [6, 6.07) is 15.2. The van der Waals surface area contributed by atoms with Crippen LogP contribution in [0.2, 0.25) is 0 Å². The lowest BCUT2D eigenvalue weighted by Gasteiger charge is -2.45. The van der Waals surface area contributed by atoms with Crippen LogP contribution in [0.5, 0.6) is 0 Å². The SMILES string of the molecule is OC[C@H]1CC[C@@H]2O[C@H](CCc3ccc(-c4ccc(F)cc4)cc3)[C@@H](n3cc(C4CC4)nn3)C[C@@H]2O1. The van der Waals surface area contributed by atoms with E-state index in [9.17, 15) is 9.50 Å². The zero-order chi connectivity index (χ0) is 23.8. The van der Waals surface area contributed by atoms with Crippen LogP contribution in [0.1, 0.15) is 61.7 Å². The number of hydrogen-bond donors (Lipinski definition) is 1. The first-order chi connectivity index (χ1) is 17.2. The molecular weight excluding hydrogens is 445 g/mol. The molecule has 5 atom stereocenters. The second-order valence-corrected chi connectivity index (χ2v) is 10.2. The molecular formula is C28H32FN3O3. The smallest absolute Gasteiger partial charge is 0.123 e. The van der Waals surface area contributed by atoms with Crippen molar-refractivity contribution < 1.29 is 19.0 Å². The predicted molar refractivity (Wildman–Crippen MR) is 129 cm³/mol. The van der Waals surface area contributed by atoms with Crippen molar-refractivity contribution in [3.8, 4) is 11.1 Å². The Balaban J connectivity index is 1.16. The van der Waals surface area contributed by atoms with Crippen LogP contribution in [0.3, 0.4) is 0 Å². The number of hydrogen-bond acceptors (Lipinski definition) is 5. The van der Waals surface area contributed by atoms with Crippen LogP contribution in [0.4, 0.5) is 4.39 Å². The summed E-state index contributed by atoms with van der Waals surface area (Å²) in [4.78, 5) is 0. The van der Waals surface area contributed by atoms with E-state index < -0.39 is 0 Å². The molecule has 0 bridgehead atoms. The molecule has 1 aromatic heterocycles. The lowest BCUT2D eigenvalue weighted by atomic mass is 9.88. The number of fused-ring (bicyclic) bond motifs is 1. The number of benzene rings is 2. The van der Waals surface area contributed by atoms with E-state index in [2.05, 4.69) is 40.8 Å². The minimum absolute atomic E-state index is 0.0225. The maximum atomic E-state index is 13.2. The lowest BCUT2D eigenvalue weighted by Crippen LogP contribution is -2.51. The van der Waals surface area contributed by atoms with Gasteiger partial charge in [-0.3, -0.25) is 0 Å². The number of halogens is 1. The van der Waals surface area contributed by atoms with E-state index >= 15 is 0 Å². The summed E-state index contributed by atoms with van der Waals surface area (Å²) in [5.74, 6) is 0.338. The van der Waals surface area contributed by atoms with Gasteiger partial charge in [0.1, 0.15) is 5.82 Å². The van der Waals surface area contributed by atoms with Crippen LogP contribution in [0.15, 0.2) is 54.7 Å². The first kappa shape index (κ1) is 22.8. The largest absolute Gasteiger partial charge is 0.394 e. The third-order valence-electron chi connectivity index (χ3n) is 7.72. The normalized spacial score (nSPS) is 28.6. The van der Waals surface area contributed by atoms with Gasteiger partial charge in [-0.2, -0.15) is 0 Å². The molecule has 2 aromatic carbocycles. The summed E-state index contributed by atoms with van der Waals surface area (Å²) in [7, 11) is 0. The van der Waals surface area contributed by atoms with E-state index in [1.807, 2.05) is 16.8 Å². The number of ether oxygens (including phenoxy) is 2. The third kappa shape index (κ3) is 5.03. The van der Waals surface area contributed by atoms with Crippen LogP contribution in [0, 0.1) is 5.82 Å². The molecule has 1 saturated carbocycles. The van der Waals surface area contributed by atoms with E-state index in [1.54, 1.807) is 0 Å². The second-order valence-electron chi connectivity index (χ2n) is 10.2. The highest BCUT2D eigenvalue weighted by molar-refractivity contribution is 5.63. The fourth-order valence-corrected chi connectivity index (χ4v) is 5.51. The summed E-state index contributed by atoms with van der Waals surface area (Å²) >= 11 is 0. The van der Waals surface area contributed by atoms with Crippen molar-refractivity contribution in [2.75, 3.05) is 6.61 Å². The summed E-state index contributed by atoms with van der Waals surface area (Å²) in [5.41, 5.74) is 4.42. The maximum absolute atomic E-state index is 13.2. The van der Waals surface area contributed by atoms with E-state index in [4.69, 9.17) is 9.47 Å². The molecule has 2 saturated heterocycles. The van der Waals surface area contributed by atoms with Gasteiger partial charge in [0.05, 0.1) is 42.8 Å². The van der Waals surface area contributed by atoms with Gasteiger partial charge in [-0.15, -0.1) is 5.10 Å². The van der Waals surface area contributed by atoms with Gasteiger partial charge < -0.3 is 14.6 Å². The Hall–Kier alpha value is -2.61. The van der Waals surface area contributed by atoms with Crippen molar-refractivity contribution in [2.45, 2.75) is 81.3 Å². The summed E-state index contributed by atoms with van der Waals surface area (Å²) in [6.07, 6.45) is 8.80. The Morgan fingerprint density at radius 3 is 2.37 bits per heavy atom. The zero-order valence-electron chi connectivity index (χ0n) is 19.8. The van der Waals surface area contributed by atoms with Crippen molar-refractivity contribution in [1.82, 2.24) is 15.0 Å². The molecule has 3 aromatic rings. The summed E-state index contributed by atoms with van der Waals surface area (Å²) in [5, 5.41) is 18.5. The van der Waals surface area contributed by atoms with Crippen LogP contribution >= 0.6 is 0 Å². The van der Waals surface area contributed by atoms with Crippen LogP contribution in [0.25, 0.3) is 11.1 Å². The zero-order valence-corrected chi connectivity index (χ0v) is 19.8. The minimum atomic E-state index is -0.221. The fourth-order valence-electron chi connectivity index (χ4n) is 5.51. The highest BCUT2D eigenvalue weighted by Gasteiger charge is 2.43. The monoisotopic (exact) mass is 477 g/mol. The fraction of sp³-hybridized carbons (Fsp3) is 0.500. The van der Waals surface area contributed by atoms with E-state index in [1.165, 1.54) is 30.5 Å². The number of aryl methyl sites for hydroxylation is 1. The number of aliphatic hydroxyl groups excluding tert-OH is 1. The van der Waals surface area contributed by atoms with Gasteiger partial charge in [-0.05, 0) is 67.3 Å². The van der Waals surface area contributed by atoms with E-state index in [0.717, 1.165) is 48.9 Å². The molecule has 3 fully saturated rings. The Morgan fingerprint density at radius 1 is 0.914 bits per heavy atom. The molecule has 3 aliphatic rings. The van der Waals surface area contributed by atoms with Crippen molar-refractivity contribution in [3.05, 3.63) is 71.8 Å². The topological polar surface area (TPSA) is 69.4 Å². The molecule has 0 unspecified atom stereocenters. The first-order valence-electron chi connectivity index (χ1n) is 12.8. The number of rotatable bonds is 7. The number of aromatic nitrogens is 3.